The first-order valence-corrected chi connectivity index (χ1v) is 5.15. The van der Waals surface area contributed by atoms with E-state index in [2.05, 4.69) is 15.0 Å². The summed E-state index contributed by atoms with van der Waals surface area (Å²) in [6.45, 7) is 2.67. The van der Waals surface area contributed by atoms with Gasteiger partial charge in [-0.25, -0.2) is 4.39 Å². The second kappa shape index (κ2) is 3.88. The molecule has 14 heavy (non-hydrogen) atoms. The first-order valence-electron chi connectivity index (χ1n) is 4.33. The fourth-order valence-electron chi connectivity index (χ4n) is 1.17. The van der Waals surface area contributed by atoms with Gasteiger partial charge in [0, 0.05) is 6.54 Å². The minimum Gasteiger partial charge on any atom is -0.325 e. The molecular weight excluding hydrogens is 201 g/mol. The number of nitrogens with one attached hydrogen (secondary N) is 2. The van der Waals surface area contributed by atoms with Crippen LogP contribution in [0.1, 0.15) is 6.92 Å². The minimum atomic E-state index is -0.226. The summed E-state index contributed by atoms with van der Waals surface area (Å²) < 4.78 is 15.8. The van der Waals surface area contributed by atoms with Crippen molar-refractivity contribution < 1.29 is 4.39 Å². The van der Waals surface area contributed by atoms with Gasteiger partial charge >= 0.3 is 0 Å². The Kier molecular flexibility index (Phi) is 2.58. The molecule has 1 heterocycles. The van der Waals surface area contributed by atoms with E-state index in [9.17, 15) is 4.39 Å². The predicted molar refractivity (Wildman–Crippen MR) is 57.0 cm³/mol. The number of rotatable bonds is 1. The quantitative estimate of drug-likeness (QED) is 0.699. The molecule has 3 nitrogen and oxygen atoms in total. The van der Waals surface area contributed by atoms with Crippen LogP contribution in [0, 0.1) is 5.82 Å². The van der Waals surface area contributed by atoms with Gasteiger partial charge < -0.3 is 5.32 Å². The van der Waals surface area contributed by atoms with Crippen molar-refractivity contribution in [3.8, 4) is 0 Å². The number of nitrogens with zero attached hydrogens (tertiary/aromatic N) is 1. The Morgan fingerprint density at radius 3 is 3.14 bits per heavy atom. The summed E-state index contributed by atoms with van der Waals surface area (Å²) in [5.74, 6) is 0.493. The highest BCUT2D eigenvalue weighted by Gasteiger charge is 2.13. The smallest absolute Gasteiger partial charge is 0.206 e. The molecule has 1 aromatic carbocycles. The fraction of sp³-hybridized carbons (Fsp3) is 0.222. The van der Waals surface area contributed by atoms with Gasteiger partial charge in [-0.2, -0.15) is 0 Å². The molecule has 2 rings (SSSR count). The maximum absolute atomic E-state index is 12.8. The van der Waals surface area contributed by atoms with Crippen LogP contribution in [-0.2, 0) is 0 Å². The molecule has 0 bridgehead atoms. The lowest BCUT2D eigenvalue weighted by molar-refractivity contribution is 0.624. The van der Waals surface area contributed by atoms with Crippen molar-refractivity contribution in [2.75, 3.05) is 11.9 Å². The molecule has 1 aliphatic heterocycles. The van der Waals surface area contributed by atoms with E-state index in [4.69, 9.17) is 0 Å². The first kappa shape index (κ1) is 9.33. The summed E-state index contributed by atoms with van der Waals surface area (Å²) in [5.41, 5.74) is 0.891. The van der Waals surface area contributed by atoms with Gasteiger partial charge in [0.15, 0.2) is 0 Å². The molecule has 2 N–H and O–H groups in total. The van der Waals surface area contributed by atoms with Crippen molar-refractivity contribution in [2.24, 2.45) is 4.99 Å². The van der Waals surface area contributed by atoms with Crippen molar-refractivity contribution in [1.82, 2.24) is 4.72 Å². The number of aliphatic imine (C=N–C) groups is 1. The van der Waals surface area contributed by atoms with Crippen molar-refractivity contribution >= 4 is 23.6 Å². The van der Waals surface area contributed by atoms with E-state index < -0.39 is 0 Å². The van der Waals surface area contributed by atoms with Crippen LogP contribution in [0.5, 0.6) is 0 Å². The molecule has 74 valence electrons. The van der Waals surface area contributed by atoms with Crippen molar-refractivity contribution in [2.45, 2.75) is 11.8 Å². The fourth-order valence-corrected chi connectivity index (χ4v) is 1.89. The molecule has 0 spiro atoms. The van der Waals surface area contributed by atoms with E-state index in [1.807, 2.05) is 6.92 Å². The highest BCUT2D eigenvalue weighted by molar-refractivity contribution is 7.98. The molecule has 0 fully saturated rings. The molecule has 0 aliphatic carbocycles. The summed E-state index contributed by atoms with van der Waals surface area (Å²) in [5, 5.41) is 3.08. The molecular formula is C9H10FN3S. The molecule has 0 radical (unpaired) electrons. The lowest BCUT2D eigenvalue weighted by Gasteiger charge is -2.19. The molecule has 0 atom stereocenters. The van der Waals surface area contributed by atoms with Gasteiger partial charge in [-0.05, 0) is 37.1 Å². The Bertz CT molecular complexity index is 378. The number of hydrogen-bond acceptors (Lipinski definition) is 2. The van der Waals surface area contributed by atoms with E-state index in [-0.39, 0.29) is 5.82 Å². The number of guanidine groups is 1. The molecule has 0 unspecified atom stereocenters. The maximum atomic E-state index is 12.8. The van der Waals surface area contributed by atoms with Crippen LogP contribution < -0.4 is 10.0 Å². The third-order valence-corrected chi connectivity index (χ3v) is 2.62. The van der Waals surface area contributed by atoms with Crippen molar-refractivity contribution in [3.63, 3.8) is 0 Å². The number of anilines is 1. The first-order chi connectivity index (χ1) is 6.79. The molecule has 5 heteroatoms. The Balaban J connectivity index is 2.27. The van der Waals surface area contributed by atoms with Crippen molar-refractivity contribution in [3.05, 3.63) is 24.0 Å². The molecule has 1 aliphatic rings. The third kappa shape index (κ3) is 1.82. The standard InChI is InChI=1S/C9H10FN3S/c1-2-11-9-12-7-4-3-6(10)5-8(7)14-13-9/h3-5H,2H2,1H3,(H2,11,12,13). The number of hydrogen-bond donors (Lipinski definition) is 2. The van der Waals surface area contributed by atoms with Crippen LogP contribution in [0.15, 0.2) is 28.1 Å². The normalized spacial score (nSPS) is 17.1. The summed E-state index contributed by atoms with van der Waals surface area (Å²) in [7, 11) is 0. The second-order valence-corrected chi connectivity index (χ2v) is 3.64. The van der Waals surface area contributed by atoms with Gasteiger partial charge in [-0.1, -0.05) is 0 Å². The van der Waals surface area contributed by atoms with Crippen molar-refractivity contribution in [1.29, 1.82) is 0 Å². The van der Waals surface area contributed by atoms with Crippen LogP contribution in [-0.4, -0.2) is 12.5 Å². The lowest BCUT2D eigenvalue weighted by atomic mass is 10.3. The zero-order valence-electron chi connectivity index (χ0n) is 7.67. The van der Waals surface area contributed by atoms with Gasteiger partial charge in [0.05, 0.1) is 10.6 Å². The van der Waals surface area contributed by atoms with Crippen LogP contribution in [0.2, 0.25) is 0 Å². The topological polar surface area (TPSA) is 36.4 Å². The second-order valence-electron chi connectivity index (χ2n) is 2.79. The van der Waals surface area contributed by atoms with E-state index >= 15 is 0 Å². The Morgan fingerprint density at radius 2 is 2.36 bits per heavy atom. The summed E-state index contributed by atoms with van der Waals surface area (Å²) in [6.07, 6.45) is 0. The lowest BCUT2D eigenvalue weighted by Crippen LogP contribution is -2.29. The largest absolute Gasteiger partial charge is 0.325 e. The average Bonchev–Trinajstić information content (AvgIpc) is 2.19. The highest BCUT2D eigenvalue weighted by atomic mass is 32.2. The van der Waals surface area contributed by atoms with Gasteiger partial charge in [-0.3, -0.25) is 9.71 Å². The third-order valence-electron chi connectivity index (χ3n) is 1.77. The summed E-state index contributed by atoms with van der Waals surface area (Å²) >= 11 is 1.37. The van der Waals surface area contributed by atoms with Crippen LogP contribution in [0.25, 0.3) is 0 Å². The molecule has 1 aromatic rings. The average molecular weight is 211 g/mol. The number of halogens is 1. The minimum absolute atomic E-state index is 0.226. The zero-order valence-corrected chi connectivity index (χ0v) is 8.49. The van der Waals surface area contributed by atoms with Crippen LogP contribution in [0.4, 0.5) is 10.1 Å². The highest BCUT2D eigenvalue weighted by Crippen LogP contribution is 2.29. The van der Waals surface area contributed by atoms with E-state index in [0.717, 1.165) is 16.5 Å². The number of benzene rings is 1. The maximum Gasteiger partial charge on any atom is 0.206 e. The Morgan fingerprint density at radius 1 is 1.50 bits per heavy atom. The molecule has 0 amide bonds. The Hall–Kier alpha value is -1.23. The Labute approximate surface area is 85.9 Å². The van der Waals surface area contributed by atoms with Gasteiger partial charge in [0.2, 0.25) is 5.96 Å². The monoisotopic (exact) mass is 211 g/mol. The molecule has 0 aromatic heterocycles. The van der Waals surface area contributed by atoms with Gasteiger partial charge in [-0.15, -0.1) is 0 Å². The van der Waals surface area contributed by atoms with Crippen LogP contribution >= 0.6 is 11.9 Å². The molecule has 0 saturated heterocycles. The van der Waals surface area contributed by atoms with E-state index in [1.165, 1.54) is 24.1 Å². The van der Waals surface area contributed by atoms with Gasteiger partial charge in [0.1, 0.15) is 5.82 Å². The van der Waals surface area contributed by atoms with E-state index in [0.29, 0.717) is 6.54 Å². The summed E-state index contributed by atoms with van der Waals surface area (Å²) in [4.78, 5) is 5.03. The van der Waals surface area contributed by atoms with Gasteiger partial charge in [0.25, 0.3) is 0 Å². The van der Waals surface area contributed by atoms with Crippen LogP contribution in [0.3, 0.4) is 0 Å². The molecule has 0 saturated carbocycles. The summed E-state index contributed by atoms with van der Waals surface area (Å²) in [6, 6.07) is 4.63. The SMILES string of the molecule is CCN=C1NSc2cc(F)ccc2N1. The number of fused-ring (bicyclic) bond motifs is 1. The predicted octanol–water partition coefficient (Wildman–Crippen LogP) is 2.22. The zero-order chi connectivity index (χ0) is 9.97. The van der Waals surface area contributed by atoms with E-state index in [1.54, 1.807) is 6.07 Å².